The Morgan fingerprint density at radius 2 is 1.95 bits per heavy atom. The van der Waals surface area contributed by atoms with Gasteiger partial charge < -0.3 is 10.2 Å². The molecule has 2 nitrogen and oxygen atoms in total. The standard InChI is InChI=1S/C20H36O2/c1-14(11-13-21)6-8-16-15(2)7-9-17-19(3,4)18(22)10-12-20(16,17)5/h7,14,16-18,21-22H,6,8-13H2,1-5H3/t14?,16-,17-,18-,20+/m1/s1. The number of aliphatic hydroxyl groups is 2. The van der Waals surface area contributed by atoms with Crippen LogP contribution in [0.2, 0.25) is 0 Å². The summed E-state index contributed by atoms with van der Waals surface area (Å²) in [4.78, 5) is 0. The van der Waals surface area contributed by atoms with Crippen molar-refractivity contribution in [1.82, 2.24) is 0 Å². The Kier molecular flexibility index (Phi) is 5.44. The van der Waals surface area contributed by atoms with E-state index in [0.29, 0.717) is 29.8 Å². The molecule has 2 rings (SSSR count). The van der Waals surface area contributed by atoms with Crippen LogP contribution in [0.4, 0.5) is 0 Å². The highest BCUT2D eigenvalue weighted by Crippen LogP contribution is 2.60. The third kappa shape index (κ3) is 3.14. The van der Waals surface area contributed by atoms with E-state index < -0.39 is 0 Å². The molecule has 22 heavy (non-hydrogen) atoms. The topological polar surface area (TPSA) is 40.5 Å². The molecular weight excluding hydrogens is 272 g/mol. The van der Waals surface area contributed by atoms with Crippen LogP contribution in [0.15, 0.2) is 11.6 Å². The van der Waals surface area contributed by atoms with Crippen LogP contribution in [0.1, 0.15) is 73.1 Å². The van der Waals surface area contributed by atoms with Crippen molar-refractivity contribution in [3.05, 3.63) is 11.6 Å². The predicted octanol–water partition coefficient (Wildman–Crippen LogP) is 4.55. The molecule has 0 heterocycles. The zero-order chi connectivity index (χ0) is 16.5. The van der Waals surface area contributed by atoms with Gasteiger partial charge >= 0.3 is 0 Å². The van der Waals surface area contributed by atoms with Gasteiger partial charge in [-0.05, 0) is 67.6 Å². The lowest BCUT2D eigenvalue weighted by atomic mass is 9.47. The van der Waals surface area contributed by atoms with E-state index in [4.69, 9.17) is 5.11 Å². The van der Waals surface area contributed by atoms with Gasteiger partial charge in [-0.25, -0.2) is 0 Å². The van der Waals surface area contributed by atoms with E-state index in [0.717, 1.165) is 25.7 Å². The molecule has 0 radical (unpaired) electrons. The van der Waals surface area contributed by atoms with E-state index in [1.807, 2.05) is 0 Å². The fourth-order valence-corrected chi connectivity index (χ4v) is 5.41. The van der Waals surface area contributed by atoms with Gasteiger partial charge in [0.15, 0.2) is 0 Å². The van der Waals surface area contributed by atoms with Gasteiger partial charge in [0.1, 0.15) is 0 Å². The SMILES string of the molecule is CC1=CC[C@@H]2C(C)(C)[C@H](O)CC[C@@]2(C)[C@@H]1CCC(C)CCO. The molecule has 2 aliphatic rings. The van der Waals surface area contributed by atoms with E-state index in [1.165, 1.54) is 12.8 Å². The largest absolute Gasteiger partial charge is 0.396 e. The third-order valence-corrected chi connectivity index (χ3v) is 7.10. The summed E-state index contributed by atoms with van der Waals surface area (Å²) < 4.78 is 0. The zero-order valence-electron chi connectivity index (χ0n) is 15.2. The van der Waals surface area contributed by atoms with Crippen molar-refractivity contribution >= 4 is 0 Å². The Morgan fingerprint density at radius 3 is 2.59 bits per heavy atom. The Morgan fingerprint density at radius 1 is 1.27 bits per heavy atom. The minimum Gasteiger partial charge on any atom is -0.396 e. The van der Waals surface area contributed by atoms with Crippen LogP contribution in [0.3, 0.4) is 0 Å². The van der Waals surface area contributed by atoms with Crippen LogP contribution >= 0.6 is 0 Å². The summed E-state index contributed by atoms with van der Waals surface area (Å²) in [6, 6.07) is 0. The summed E-state index contributed by atoms with van der Waals surface area (Å²) in [7, 11) is 0. The average molecular weight is 309 g/mol. The van der Waals surface area contributed by atoms with Gasteiger partial charge in [-0.1, -0.05) is 45.8 Å². The summed E-state index contributed by atoms with van der Waals surface area (Å²) in [6.07, 6.45) is 8.82. The van der Waals surface area contributed by atoms with Crippen LogP contribution in [0.5, 0.6) is 0 Å². The maximum atomic E-state index is 10.5. The molecule has 0 spiro atoms. The normalized spacial score (nSPS) is 39.0. The van der Waals surface area contributed by atoms with E-state index in [2.05, 4.69) is 40.7 Å². The van der Waals surface area contributed by atoms with E-state index in [1.54, 1.807) is 5.57 Å². The van der Waals surface area contributed by atoms with E-state index in [9.17, 15) is 5.11 Å². The van der Waals surface area contributed by atoms with Crippen molar-refractivity contribution < 1.29 is 10.2 Å². The summed E-state index contributed by atoms with van der Waals surface area (Å²) in [5, 5.41) is 19.6. The van der Waals surface area contributed by atoms with Crippen molar-refractivity contribution in [2.45, 2.75) is 79.2 Å². The van der Waals surface area contributed by atoms with Gasteiger partial charge in [-0.15, -0.1) is 0 Å². The van der Waals surface area contributed by atoms with Gasteiger partial charge in [0, 0.05) is 6.61 Å². The van der Waals surface area contributed by atoms with Crippen molar-refractivity contribution in [2.24, 2.45) is 28.6 Å². The van der Waals surface area contributed by atoms with E-state index >= 15 is 0 Å². The first-order valence-corrected chi connectivity index (χ1v) is 9.19. The molecule has 2 N–H and O–H groups in total. The number of allylic oxidation sites excluding steroid dienone is 2. The molecule has 1 fully saturated rings. The van der Waals surface area contributed by atoms with Gasteiger partial charge in [-0.3, -0.25) is 0 Å². The summed E-state index contributed by atoms with van der Waals surface area (Å²) >= 11 is 0. The van der Waals surface area contributed by atoms with Crippen LogP contribution in [-0.2, 0) is 0 Å². The average Bonchev–Trinajstić information content (AvgIpc) is 2.43. The molecule has 128 valence electrons. The van der Waals surface area contributed by atoms with E-state index in [-0.39, 0.29) is 11.5 Å². The second kappa shape index (κ2) is 6.65. The molecule has 1 unspecified atom stereocenters. The number of aliphatic hydroxyl groups excluding tert-OH is 2. The van der Waals surface area contributed by atoms with Gasteiger partial charge in [0.25, 0.3) is 0 Å². The van der Waals surface area contributed by atoms with Crippen molar-refractivity contribution in [3.8, 4) is 0 Å². The molecule has 2 heteroatoms. The quantitative estimate of drug-likeness (QED) is 0.731. The lowest BCUT2D eigenvalue weighted by molar-refractivity contribution is -0.116. The highest BCUT2D eigenvalue weighted by atomic mass is 16.3. The summed E-state index contributed by atoms with van der Waals surface area (Å²) in [5.74, 6) is 1.81. The number of rotatable bonds is 5. The maximum absolute atomic E-state index is 10.5. The van der Waals surface area contributed by atoms with Crippen LogP contribution in [0.25, 0.3) is 0 Å². The highest BCUT2D eigenvalue weighted by Gasteiger charge is 2.54. The molecule has 0 aromatic rings. The van der Waals surface area contributed by atoms with Crippen molar-refractivity contribution in [3.63, 3.8) is 0 Å². The fourth-order valence-electron chi connectivity index (χ4n) is 5.41. The lowest BCUT2D eigenvalue weighted by Gasteiger charge is -2.58. The first-order chi connectivity index (χ1) is 10.2. The van der Waals surface area contributed by atoms with Gasteiger partial charge in [0.05, 0.1) is 6.10 Å². The van der Waals surface area contributed by atoms with Crippen LogP contribution in [-0.4, -0.2) is 22.9 Å². The Hall–Kier alpha value is -0.340. The molecule has 0 bridgehead atoms. The fraction of sp³-hybridized carbons (Fsp3) is 0.900. The molecule has 2 aliphatic carbocycles. The minimum absolute atomic E-state index is 0.0131. The Balaban J connectivity index is 2.18. The lowest BCUT2D eigenvalue weighted by Crippen LogP contribution is -2.54. The molecule has 0 aromatic heterocycles. The molecule has 0 aliphatic heterocycles. The summed E-state index contributed by atoms with van der Waals surface area (Å²) in [5.41, 5.74) is 1.89. The molecule has 0 saturated heterocycles. The van der Waals surface area contributed by atoms with Crippen LogP contribution < -0.4 is 0 Å². The molecular formula is C20H36O2. The number of hydrogen-bond acceptors (Lipinski definition) is 2. The maximum Gasteiger partial charge on any atom is 0.0594 e. The zero-order valence-corrected chi connectivity index (χ0v) is 15.2. The van der Waals surface area contributed by atoms with Gasteiger partial charge in [-0.2, -0.15) is 0 Å². The smallest absolute Gasteiger partial charge is 0.0594 e. The second-order valence-electron chi connectivity index (χ2n) is 8.87. The molecule has 1 saturated carbocycles. The highest BCUT2D eigenvalue weighted by molar-refractivity contribution is 5.19. The minimum atomic E-state index is -0.161. The number of hydrogen-bond donors (Lipinski definition) is 2. The van der Waals surface area contributed by atoms with Crippen molar-refractivity contribution in [2.75, 3.05) is 6.61 Å². The summed E-state index contributed by atoms with van der Waals surface area (Å²) in [6.45, 7) is 11.9. The Bertz CT molecular complexity index is 412. The first kappa shape index (κ1) is 18.0. The van der Waals surface area contributed by atoms with Crippen molar-refractivity contribution in [1.29, 1.82) is 0 Å². The number of fused-ring (bicyclic) bond motifs is 1. The Labute approximate surface area is 137 Å². The predicted molar refractivity (Wildman–Crippen MR) is 92.6 cm³/mol. The molecule has 0 aromatic carbocycles. The third-order valence-electron chi connectivity index (χ3n) is 7.10. The van der Waals surface area contributed by atoms with Crippen LogP contribution in [0, 0.1) is 28.6 Å². The molecule has 0 amide bonds. The monoisotopic (exact) mass is 308 g/mol. The second-order valence-corrected chi connectivity index (χ2v) is 8.87. The molecule has 5 atom stereocenters. The first-order valence-electron chi connectivity index (χ1n) is 9.19. The van der Waals surface area contributed by atoms with Gasteiger partial charge in [0.2, 0.25) is 0 Å².